The van der Waals surface area contributed by atoms with Gasteiger partial charge in [0.1, 0.15) is 5.75 Å². The largest absolute Gasteiger partial charge is 0.482 e. The Kier molecular flexibility index (Phi) is 4.08. The van der Waals surface area contributed by atoms with Gasteiger partial charge in [-0.15, -0.1) is 0 Å². The van der Waals surface area contributed by atoms with Gasteiger partial charge >= 0.3 is 0 Å². The van der Waals surface area contributed by atoms with Crippen LogP contribution in [0, 0.1) is 0 Å². The highest BCUT2D eigenvalue weighted by atomic mass is 16.5. The lowest BCUT2D eigenvalue weighted by atomic mass is 10.2. The molecule has 0 atom stereocenters. The van der Waals surface area contributed by atoms with Gasteiger partial charge in [0.25, 0.3) is 5.91 Å². The molecule has 0 saturated carbocycles. The van der Waals surface area contributed by atoms with Gasteiger partial charge in [-0.25, -0.2) is 0 Å². The van der Waals surface area contributed by atoms with Gasteiger partial charge in [-0.2, -0.15) is 0 Å². The number of hydrogen-bond donors (Lipinski definition) is 1. The van der Waals surface area contributed by atoms with Crippen LogP contribution in [0.2, 0.25) is 0 Å². The summed E-state index contributed by atoms with van der Waals surface area (Å²) in [6.45, 7) is 0.320. The molecule has 0 bridgehead atoms. The molecule has 2 aromatic carbocycles. The average molecular weight is 349 g/mol. The molecule has 0 aliphatic carbocycles. The van der Waals surface area contributed by atoms with E-state index in [0.717, 1.165) is 16.6 Å². The zero-order valence-corrected chi connectivity index (χ0v) is 14.4. The van der Waals surface area contributed by atoms with Gasteiger partial charge in [0.15, 0.2) is 6.61 Å². The van der Waals surface area contributed by atoms with Crippen molar-refractivity contribution in [2.45, 2.75) is 6.42 Å². The maximum atomic E-state index is 12.3. The topological polar surface area (TPSA) is 63.6 Å². The fourth-order valence-corrected chi connectivity index (χ4v) is 3.18. The van der Waals surface area contributed by atoms with E-state index in [0.29, 0.717) is 18.0 Å². The van der Waals surface area contributed by atoms with Gasteiger partial charge in [-0.3, -0.25) is 9.59 Å². The highest BCUT2D eigenvalue weighted by molar-refractivity contribution is 5.99. The molecule has 26 heavy (non-hydrogen) atoms. The number of anilines is 2. The van der Waals surface area contributed by atoms with Crippen LogP contribution >= 0.6 is 0 Å². The van der Waals surface area contributed by atoms with Crippen molar-refractivity contribution >= 4 is 34.1 Å². The van der Waals surface area contributed by atoms with Crippen LogP contribution in [0.4, 0.5) is 11.4 Å². The second-order valence-electron chi connectivity index (χ2n) is 6.30. The van der Waals surface area contributed by atoms with Crippen molar-refractivity contribution in [1.29, 1.82) is 0 Å². The molecule has 1 aliphatic rings. The number of fused-ring (bicyclic) bond motifs is 2. The van der Waals surface area contributed by atoms with Crippen LogP contribution in [0.25, 0.3) is 10.9 Å². The van der Waals surface area contributed by atoms with Crippen LogP contribution in [0.1, 0.15) is 6.42 Å². The number of amides is 2. The third-order valence-electron chi connectivity index (χ3n) is 4.54. The quantitative estimate of drug-likeness (QED) is 0.788. The number of para-hydroxylation sites is 2. The van der Waals surface area contributed by atoms with E-state index < -0.39 is 0 Å². The predicted molar refractivity (Wildman–Crippen MR) is 100 cm³/mol. The SMILES string of the molecule is Cn1ccc2ccc(NC(=O)CCN3C(=O)COc4ccccc43)cc21. The maximum Gasteiger partial charge on any atom is 0.265 e. The zero-order valence-electron chi connectivity index (χ0n) is 14.4. The lowest BCUT2D eigenvalue weighted by Crippen LogP contribution is -2.40. The number of carbonyl (C=O) groups excluding carboxylic acids is 2. The van der Waals surface area contributed by atoms with E-state index in [1.165, 1.54) is 0 Å². The van der Waals surface area contributed by atoms with E-state index in [9.17, 15) is 9.59 Å². The predicted octanol–water partition coefficient (Wildman–Crippen LogP) is 2.93. The van der Waals surface area contributed by atoms with Crippen molar-refractivity contribution in [2.75, 3.05) is 23.4 Å². The van der Waals surface area contributed by atoms with Crippen molar-refractivity contribution in [2.24, 2.45) is 7.05 Å². The van der Waals surface area contributed by atoms with E-state index in [2.05, 4.69) is 5.32 Å². The minimum absolute atomic E-state index is 0.00277. The molecule has 6 heteroatoms. The number of nitrogens with one attached hydrogen (secondary N) is 1. The van der Waals surface area contributed by atoms with E-state index in [4.69, 9.17) is 4.74 Å². The summed E-state index contributed by atoms with van der Waals surface area (Å²) >= 11 is 0. The first-order chi connectivity index (χ1) is 12.6. The molecule has 0 fully saturated rings. The molecule has 0 unspecified atom stereocenters. The summed E-state index contributed by atoms with van der Waals surface area (Å²) in [4.78, 5) is 26.1. The molecule has 1 aromatic heterocycles. The summed E-state index contributed by atoms with van der Waals surface area (Å²) in [5.74, 6) is 0.402. The third kappa shape index (κ3) is 3.01. The second-order valence-corrected chi connectivity index (χ2v) is 6.30. The molecule has 132 valence electrons. The minimum Gasteiger partial charge on any atom is -0.482 e. The van der Waals surface area contributed by atoms with Crippen molar-refractivity contribution in [1.82, 2.24) is 4.57 Å². The molecule has 6 nitrogen and oxygen atoms in total. The van der Waals surface area contributed by atoms with E-state index >= 15 is 0 Å². The fraction of sp³-hybridized carbons (Fsp3) is 0.200. The van der Waals surface area contributed by atoms with Gasteiger partial charge < -0.3 is 19.5 Å². The van der Waals surface area contributed by atoms with E-state index in [1.807, 2.05) is 66.3 Å². The number of ether oxygens (including phenoxy) is 1. The van der Waals surface area contributed by atoms with Crippen molar-refractivity contribution in [3.05, 3.63) is 54.7 Å². The molecule has 2 heterocycles. The van der Waals surface area contributed by atoms with Crippen LogP contribution in [0.5, 0.6) is 5.75 Å². The van der Waals surface area contributed by atoms with E-state index in [-0.39, 0.29) is 24.8 Å². The number of rotatable bonds is 4. The molecular weight excluding hydrogens is 330 g/mol. The van der Waals surface area contributed by atoms with E-state index in [1.54, 1.807) is 4.90 Å². The van der Waals surface area contributed by atoms with Crippen LogP contribution in [0.3, 0.4) is 0 Å². The minimum atomic E-state index is -0.137. The number of aryl methyl sites for hydroxylation is 1. The van der Waals surface area contributed by atoms with Gasteiger partial charge in [-0.1, -0.05) is 18.2 Å². The standard InChI is InChI=1S/C20H19N3O3/c1-22-10-8-14-6-7-15(12-17(14)22)21-19(24)9-11-23-16-4-2-3-5-18(16)26-13-20(23)25/h2-8,10,12H,9,11,13H2,1H3,(H,21,24). The Labute approximate surface area is 151 Å². The maximum absolute atomic E-state index is 12.3. The Morgan fingerprint density at radius 3 is 2.92 bits per heavy atom. The molecule has 3 aromatic rings. The molecule has 4 rings (SSSR count). The first kappa shape index (κ1) is 16.2. The number of nitrogens with zero attached hydrogens (tertiary/aromatic N) is 2. The number of aromatic nitrogens is 1. The number of hydrogen-bond acceptors (Lipinski definition) is 3. The molecule has 0 radical (unpaired) electrons. The van der Waals surface area contributed by atoms with Crippen LogP contribution in [-0.4, -0.2) is 29.5 Å². The first-order valence-corrected chi connectivity index (χ1v) is 8.49. The molecule has 0 saturated heterocycles. The molecule has 0 spiro atoms. The lowest BCUT2D eigenvalue weighted by Gasteiger charge is -2.29. The summed E-state index contributed by atoms with van der Waals surface area (Å²) in [5.41, 5.74) is 2.51. The Balaban J connectivity index is 1.43. The Morgan fingerprint density at radius 1 is 1.19 bits per heavy atom. The fourth-order valence-electron chi connectivity index (χ4n) is 3.18. The van der Waals surface area contributed by atoms with Crippen molar-refractivity contribution in [3.63, 3.8) is 0 Å². The number of benzene rings is 2. The highest BCUT2D eigenvalue weighted by Crippen LogP contribution is 2.31. The molecule has 1 N–H and O–H groups in total. The summed E-state index contributed by atoms with van der Waals surface area (Å²) in [5, 5.41) is 4.03. The Morgan fingerprint density at radius 2 is 2.04 bits per heavy atom. The van der Waals surface area contributed by atoms with Gasteiger partial charge in [0, 0.05) is 37.4 Å². The van der Waals surface area contributed by atoms with Gasteiger partial charge in [-0.05, 0) is 35.7 Å². The zero-order chi connectivity index (χ0) is 18.1. The van der Waals surface area contributed by atoms with Crippen LogP contribution in [0.15, 0.2) is 54.7 Å². The molecular formula is C20H19N3O3. The lowest BCUT2D eigenvalue weighted by molar-refractivity contribution is -0.121. The summed E-state index contributed by atoms with van der Waals surface area (Å²) in [6.07, 6.45) is 2.20. The summed E-state index contributed by atoms with van der Waals surface area (Å²) < 4.78 is 7.43. The smallest absolute Gasteiger partial charge is 0.265 e. The average Bonchev–Trinajstić information content (AvgIpc) is 3.01. The monoisotopic (exact) mass is 349 g/mol. The first-order valence-electron chi connectivity index (χ1n) is 8.49. The highest BCUT2D eigenvalue weighted by Gasteiger charge is 2.25. The van der Waals surface area contributed by atoms with Crippen LogP contribution in [-0.2, 0) is 16.6 Å². The normalized spacial score (nSPS) is 13.4. The van der Waals surface area contributed by atoms with Crippen molar-refractivity contribution < 1.29 is 14.3 Å². The Hall–Kier alpha value is -3.28. The molecule has 2 amide bonds. The van der Waals surface area contributed by atoms with Crippen molar-refractivity contribution in [3.8, 4) is 5.75 Å². The van der Waals surface area contributed by atoms with Gasteiger partial charge in [0.2, 0.25) is 5.91 Å². The number of carbonyl (C=O) groups is 2. The summed E-state index contributed by atoms with van der Waals surface area (Å²) in [7, 11) is 1.97. The van der Waals surface area contributed by atoms with Crippen LogP contribution < -0.4 is 15.0 Å². The summed E-state index contributed by atoms with van der Waals surface area (Å²) in [6, 6.07) is 15.2. The second kappa shape index (κ2) is 6.55. The third-order valence-corrected chi connectivity index (χ3v) is 4.54. The molecule has 1 aliphatic heterocycles. The Bertz CT molecular complexity index is 993. The van der Waals surface area contributed by atoms with Gasteiger partial charge in [0.05, 0.1) is 5.69 Å².